The fourth-order valence-electron chi connectivity index (χ4n) is 2.27. The van der Waals surface area contributed by atoms with E-state index in [1.165, 1.54) is 0 Å². The second-order valence-electron chi connectivity index (χ2n) is 4.72. The molecule has 0 spiro atoms. The first-order chi connectivity index (χ1) is 10.7. The molecule has 7 heteroatoms. The van der Waals surface area contributed by atoms with Gasteiger partial charge in [0.2, 0.25) is 0 Å². The lowest BCUT2D eigenvalue weighted by Crippen LogP contribution is -2.31. The van der Waals surface area contributed by atoms with E-state index in [0.717, 1.165) is 11.1 Å². The van der Waals surface area contributed by atoms with Crippen molar-refractivity contribution in [2.75, 3.05) is 13.2 Å². The summed E-state index contributed by atoms with van der Waals surface area (Å²) in [4.78, 5) is 2.74. The van der Waals surface area contributed by atoms with E-state index >= 15 is 0 Å². The number of hydrogen-bond acceptors (Lipinski definition) is 3. The number of ether oxygens (including phenoxy) is 2. The summed E-state index contributed by atoms with van der Waals surface area (Å²) < 4.78 is 11.6. The number of rotatable bonds is 3. The topological polar surface area (TPSA) is 67.2 Å². The minimum absolute atomic E-state index is 0.202. The Hall–Kier alpha value is -2.07. The molecule has 5 nitrogen and oxygen atoms in total. The van der Waals surface area contributed by atoms with E-state index in [-0.39, 0.29) is 12.6 Å². The lowest BCUT2D eigenvalue weighted by molar-refractivity contribution is 0.0977. The van der Waals surface area contributed by atoms with Gasteiger partial charge in [-0.1, -0.05) is 40.4 Å². The maximum atomic E-state index is 8.42. The van der Waals surface area contributed by atoms with Crippen LogP contribution in [0, 0.1) is 0 Å². The molecule has 0 amide bonds. The zero-order valence-electron chi connectivity index (χ0n) is 11.4. The summed E-state index contributed by atoms with van der Waals surface area (Å²) in [6.45, 7) is 0.534. The average molecular weight is 336 g/mol. The van der Waals surface area contributed by atoms with E-state index in [2.05, 4.69) is 10.0 Å². The van der Waals surface area contributed by atoms with Gasteiger partial charge < -0.3 is 9.47 Å². The van der Waals surface area contributed by atoms with Crippen LogP contribution in [-0.4, -0.2) is 19.3 Å². The molecule has 2 aromatic carbocycles. The Kier molecular flexibility index (Phi) is 4.29. The molecule has 112 valence electrons. The van der Waals surface area contributed by atoms with E-state index in [9.17, 15) is 0 Å². The Morgan fingerprint density at radius 1 is 1.23 bits per heavy atom. The van der Waals surface area contributed by atoms with Crippen molar-refractivity contribution in [2.24, 2.45) is 5.11 Å². The Morgan fingerprint density at radius 3 is 2.91 bits per heavy atom. The number of para-hydroxylation sites is 1. The highest BCUT2D eigenvalue weighted by molar-refractivity contribution is 6.35. The molecule has 0 saturated heterocycles. The highest BCUT2D eigenvalue weighted by Gasteiger charge is 2.24. The van der Waals surface area contributed by atoms with Crippen LogP contribution in [0.3, 0.4) is 0 Å². The third-order valence-corrected chi connectivity index (χ3v) is 3.82. The monoisotopic (exact) mass is 335 g/mol. The third kappa shape index (κ3) is 2.92. The van der Waals surface area contributed by atoms with Crippen molar-refractivity contribution >= 4 is 23.2 Å². The number of azide groups is 1. The first-order valence-corrected chi connectivity index (χ1v) is 7.33. The van der Waals surface area contributed by atoms with E-state index in [0.29, 0.717) is 28.2 Å². The van der Waals surface area contributed by atoms with Crippen LogP contribution in [0.15, 0.2) is 41.5 Å². The number of nitrogens with zero attached hydrogens (tertiary/aromatic N) is 3. The molecule has 2 aromatic rings. The predicted molar refractivity (Wildman–Crippen MR) is 85.8 cm³/mol. The second kappa shape index (κ2) is 6.36. The van der Waals surface area contributed by atoms with Crippen LogP contribution < -0.4 is 9.47 Å². The zero-order valence-corrected chi connectivity index (χ0v) is 12.9. The SMILES string of the molecule is [N-]=[N+]=NCC1COc2cccc(-c3cc(Cl)ccc3Cl)c2O1. The van der Waals surface area contributed by atoms with E-state index < -0.39 is 0 Å². The van der Waals surface area contributed by atoms with Gasteiger partial charge in [-0.05, 0) is 29.8 Å². The lowest BCUT2D eigenvalue weighted by Gasteiger charge is -2.27. The van der Waals surface area contributed by atoms with Crippen molar-refractivity contribution in [2.45, 2.75) is 6.10 Å². The molecule has 1 aliphatic heterocycles. The number of halogens is 2. The van der Waals surface area contributed by atoms with Gasteiger partial charge in [-0.3, -0.25) is 0 Å². The lowest BCUT2D eigenvalue weighted by atomic mass is 10.0. The summed E-state index contributed by atoms with van der Waals surface area (Å²) in [6.07, 6.45) is -0.331. The van der Waals surface area contributed by atoms with E-state index in [4.69, 9.17) is 38.2 Å². The Labute approximate surface area is 137 Å². The fourth-order valence-corrected chi connectivity index (χ4v) is 2.66. The molecule has 22 heavy (non-hydrogen) atoms. The number of benzene rings is 2. The van der Waals surface area contributed by atoms with Gasteiger partial charge in [0, 0.05) is 26.1 Å². The average Bonchev–Trinajstić information content (AvgIpc) is 2.54. The van der Waals surface area contributed by atoms with Crippen molar-refractivity contribution in [3.63, 3.8) is 0 Å². The van der Waals surface area contributed by atoms with Gasteiger partial charge in [0.15, 0.2) is 11.5 Å². The summed E-state index contributed by atoms with van der Waals surface area (Å²) in [5.74, 6) is 1.21. The Bertz CT molecular complexity index is 760. The standard InChI is InChI=1S/C15H11Cl2N3O2/c16-9-4-5-13(17)12(6-9)11-2-1-3-14-15(11)22-10(8-21-14)7-19-20-18/h1-6,10H,7-8H2. The summed E-state index contributed by atoms with van der Waals surface area (Å²) in [5, 5.41) is 4.68. The molecule has 1 unspecified atom stereocenters. The van der Waals surface area contributed by atoms with Crippen LogP contribution >= 0.6 is 23.2 Å². The van der Waals surface area contributed by atoms with Crippen molar-refractivity contribution in [1.29, 1.82) is 0 Å². The zero-order chi connectivity index (χ0) is 15.5. The van der Waals surface area contributed by atoms with E-state index in [1.807, 2.05) is 18.2 Å². The van der Waals surface area contributed by atoms with Gasteiger partial charge in [-0.25, -0.2) is 0 Å². The highest BCUT2D eigenvalue weighted by atomic mass is 35.5. The minimum Gasteiger partial charge on any atom is -0.486 e. The van der Waals surface area contributed by atoms with Gasteiger partial charge in [0.1, 0.15) is 12.7 Å². The van der Waals surface area contributed by atoms with Crippen LogP contribution in [0.5, 0.6) is 11.5 Å². The Morgan fingerprint density at radius 2 is 2.09 bits per heavy atom. The van der Waals surface area contributed by atoms with Crippen molar-refractivity contribution in [1.82, 2.24) is 0 Å². The smallest absolute Gasteiger partial charge is 0.169 e. The molecular weight excluding hydrogens is 325 g/mol. The normalized spacial score (nSPS) is 16.0. The summed E-state index contributed by atoms with van der Waals surface area (Å²) >= 11 is 12.3. The first-order valence-electron chi connectivity index (χ1n) is 6.58. The van der Waals surface area contributed by atoms with Crippen molar-refractivity contribution in [3.05, 3.63) is 56.9 Å². The van der Waals surface area contributed by atoms with E-state index in [1.54, 1.807) is 18.2 Å². The molecule has 0 radical (unpaired) electrons. The molecule has 0 bridgehead atoms. The van der Waals surface area contributed by atoms with Crippen LogP contribution in [0.1, 0.15) is 0 Å². The molecule has 1 heterocycles. The summed E-state index contributed by atoms with van der Waals surface area (Å²) in [7, 11) is 0. The van der Waals surface area contributed by atoms with Gasteiger partial charge in [0.25, 0.3) is 0 Å². The predicted octanol–water partition coefficient (Wildman–Crippen LogP) is 5.11. The number of hydrogen-bond donors (Lipinski definition) is 0. The summed E-state index contributed by atoms with van der Waals surface area (Å²) in [5.41, 5.74) is 9.97. The van der Waals surface area contributed by atoms with Crippen molar-refractivity contribution < 1.29 is 9.47 Å². The largest absolute Gasteiger partial charge is 0.486 e. The maximum Gasteiger partial charge on any atom is 0.169 e. The molecule has 0 aromatic heterocycles. The second-order valence-corrected chi connectivity index (χ2v) is 5.56. The van der Waals surface area contributed by atoms with Gasteiger partial charge >= 0.3 is 0 Å². The van der Waals surface area contributed by atoms with Crippen molar-refractivity contribution in [3.8, 4) is 22.6 Å². The third-order valence-electron chi connectivity index (χ3n) is 3.26. The van der Waals surface area contributed by atoms with Gasteiger partial charge in [0.05, 0.1) is 6.54 Å². The molecular formula is C15H11Cl2N3O2. The van der Waals surface area contributed by atoms with Crippen LogP contribution in [0.2, 0.25) is 10.0 Å². The molecule has 1 aliphatic rings. The molecule has 3 rings (SSSR count). The first kappa shape index (κ1) is 14.9. The maximum absolute atomic E-state index is 8.42. The quantitative estimate of drug-likeness (QED) is 0.444. The highest BCUT2D eigenvalue weighted by Crippen LogP contribution is 2.43. The van der Waals surface area contributed by atoms with Crippen LogP contribution in [0.25, 0.3) is 21.6 Å². The molecule has 0 aliphatic carbocycles. The van der Waals surface area contributed by atoms with Gasteiger partial charge in [-0.15, -0.1) is 0 Å². The minimum atomic E-state index is -0.331. The number of fused-ring (bicyclic) bond motifs is 1. The molecule has 0 fully saturated rings. The molecule has 0 N–H and O–H groups in total. The molecule has 0 saturated carbocycles. The van der Waals surface area contributed by atoms with Crippen LogP contribution in [0.4, 0.5) is 0 Å². The fraction of sp³-hybridized carbons (Fsp3) is 0.200. The van der Waals surface area contributed by atoms with Gasteiger partial charge in [-0.2, -0.15) is 0 Å². The van der Waals surface area contributed by atoms with Crippen LogP contribution in [-0.2, 0) is 0 Å². The molecule has 1 atom stereocenters. The Balaban J connectivity index is 2.04. The summed E-state index contributed by atoms with van der Waals surface area (Å²) in [6, 6.07) is 10.8.